The second-order valence-electron chi connectivity index (χ2n) is 6.25. The molecule has 1 amide bonds. The van der Waals surface area contributed by atoms with Crippen LogP contribution in [0.1, 0.15) is 31.8 Å². The molecule has 3 aromatic carbocycles. The molecule has 0 saturated carbocycles. The number of hydrazone groups is 1. The number of ether oxygens (including phenoxy) is 2. The Balaban J connectivity index is 1.54. The standard InChI is InChI=1S/C23H20N2O4/c1-16-3-7-19(8-4-16)23(27)29-21-11-5-17(6-12-21)15-24-25-22(26)18-9-13-20(28-2)14-10-18/h3-15H,1-2H3,(H,25,26)/b24-15+. The Labute approximate surface area is 168 Å². The number of benzene rings is 3. The summed E-state index contributed by atoms with van der Waals surface area (Å²) in [7, 11) is 1.56. The van der Waals surface area contributed by atoms with E-state index in [1.54, 1.807) is 67.8 Å². The first-order valence-electron chi connectivity index (χ1n) is 8.91. The van der Waals surface area contributed by atoms with Crippen LogP contribution in [0.15, 0.2) is 77.9 Å². The average molecular weight is 388 g/mol. The molecule has 3 rings (SSSR count). The number of hydrogen-bond acceptors (Lipinski definition) is 5. The number of nitrogens with one attached hydrogen (secondary N) is 1. The van der Waals surface area contributed by atoms with Gasteiger partial charge in [-0.2, -0.15) is 5.10 Å². The highest BCUT2D eigenvalue weighted by molar-refractivity contribution is 5.95. The van der Waals surface area contributed by atoms with E-state index < -0.39 is 5.97 Å². The SMILES string of the molecule is COc1ccc(C(=O)N/N=C/c2ccc(OC(=O)c3ccc(C)cc3)cc2)cc1. The van der Waals surface area contributed by atoms with Crippen molar-refractivity contribution in [2.24, 2.45) is 5.10 Å². The zero-order valence-electron chi connectivity index (χ0n) is 16.1. The lowest BCUT2D eigenvalue weighted by atomic mass is 10.1. The van der Waals surface area contributed by atoms with Crippen LogP contribution in [0.4, 0.5) is 0 Å². The van der Waals surface area contributed by atoms with Gasteiger partial charge in [-0.05, 0) is 73.2 Å². The van der Waals surface area contributed by atoms with Gasteiger partial charge >= 0.3 is 5.97 Å². The molecule has 0 unspecified atom stereocenters. The molecule has 0 saturated heterocycles. The van der Waals surface area contributed by atoms with Gasteiger partial charge in [-0.25, -0.2) is 10.2 Å². The number of rotatable bonds is 6. The number of esters is 1. The normalized spacial score (nSPS) is 10.6. The molecule has 0 heterocycles. The maximum absolute atomic E-state index is 12.1. The lowest BCUT2D eigenvalue weighted by Gasteiger charge is -2.05. The Hall–Kier alpha value is -3.93. The summed E-state index contributed by atoms with van der Waals surface area (Å²) in [5.41, 5.74) is 5.24. The van der Waals surface area contributed by atoms with E-state index in [4.69, 9.17) is 9.47 Å². The predicted octanol–water partition coefficient (Wildman–Crippen LogP) is 3.99. The molecule has 6 nitrogen and oxygen atoms in total. The molecular formula is C23H20N2O4. The largest absolute Gasteiger partial charge is 0.497 e. The molecule has 0 aromatic heterocycles. The van der Waals surface area contributed by atoms with E-state index >= 15 is 0 Å². The Bertz CT molecular complexity index is 1010. The number of amides is 1. The number of carbonyl (C=O) groups excluding carboxylic acids is 2. The van der Waals surface area contributed by atoms with E-state index in [1.807, 2.05) is 19.1 Å². The quantitative estimate of drug-likeness (QED) is 0.300. The Morgan fingerprint density at radius 1 is 0.828 bits per heavy atom. The van der Waals surface area contributed by atoms with E-state index in [0.717, 1.165) is 11.1 Å². The molecular weight excluding hydrogens is 368 g/mol. The maximum atomic E-state index is 12.1. The van der Waals surface area contributed by atoms with E-state index in [2.05, 4.69) is 10.5 Å². The van der Waals surface area contributed by atoms with Gasteiger partial charge in [-0.3, -0.25) is 4.79 Å². The smallest absolute Gasteiger partial charge is 0.343 e. The van der Waals surface area contributed by atoms with Crippen molar-refractivity contribution in [2.45, 2.75) is 6.92 Å². The summed E-state index contributed by atoms with van der Waals surface area (Å²) in [6.07, 6.45) is 1.51. The van der Waals surface area contributed by atoms with E-state index in [1.165, 1.54) is 6.21 Å². The molecule has 0 bridgehead atoms. The average Bonchev–Trinajstić information content (AvgIpc) is 2.75. The van der Waals surface area contributed by atoms with Gasteiger partial charge in [-0.15, -0.1) is 0 Å². The fraction of sp³-hybridized carbons (Fsp3) is 0.0870. The third-order valence-corrected chi connectivity index (χ3v) is 4.11. The summed E-state index contributed by atoms with van der Waals surface area (Å²) in [5, 5.41) is 3.94. The van der Waals surface area contributed by atoms with Crippen LogP contribution in [0.5, 0.6) is 11.5 Å². The summed E-state index contributed by atoms with van der Waals surface area (Å²) in [5.74, 6) is 0.355. The van der Waals surface area contributed by atoms with Gasteiger partial charge in [0.05, 0.1) is 18.9 Å². The van der Waals surface area contributed by atoms with Crippen molar-refractivity contribution in [1.29, 1.82) is 0 Å². The summed E-state index contributed by atoms with van der Waals surface area (Å²) in [6.45, 7) is 1.95. The first kappa shape index (κ1) is 19.8. The van der Waals surface area contributed by atoms with Gasteiger partial charge in [0.1, 0.15) is 11.5 Å². The van der Waals surface area contributed by atoms with E-state index in [-0.39, 0.29) is 5.91 Å². The monoisotopic (exact) mass is 388 g/mol. The Morgan fingerprint density at radius 2 is 1.41 bits per heavy atom. The Morgan fingerprint density at radius 3 is 2.03 bits per heavy atom. The van der Waals surface area contributed by atoms with Gasteiger partial charge in [-0.1, -0.05) is 17.7 Å². The summed E-state index contributed by atoms with van der Waals surface area (Å²) in [6, 6.07) is 20.7. The molecule has 0 spiro atoms. The van der Waals surface area contributed by atoms with Crippen LogP contribution in [0.2, 0.25) is 0 Å². The van der Waals surface area contributed by atoms with Crippen LogP contribution in [0.3, 0.4) is 0 Å². The number of nitrogens with zero attached hydrogens (tertiary/aromatic N) is 1. The van der Waals surface area contributed by atoms with Gasteiger partial charge in [0.2, 0.25) is 0 Å². The number of hydrogen-bond donors (Lipinski definition) is 1. The molecule has 6 heteroatoms. The predicted molar refractivity (Wildman–Crippen MR) is 111 cm³/mol. The minimum absolute atomic E-state index is 0.326. The van der Waals surface area contributed by atoms with Gasteiger partial charge in [0, 0.05) is 5.56 Å². The molecule has 29 heavy (non-hydrogen) atoms. The lowest BCUT2D eigenvalue weighted by molar-refractivity contribution is 0.0734. The first-order chi connectivity index (χ1) is 14.0. The topological polar surface area (TPSA) is 77.0 Å². The van der Waals surface area contributed by atoms with Crippen molar-refractivity contribution >= 4 is 18.1 Å². The van der Waals surface area contributed by atoms with Crippen molar-refractivity contribution in [3.05, 3.63) is 95.1 Å². The summed E-state index contributed by atoms with van der Waals surface area (Å²) >= 11 is 0. The highest BCUT2D eigenvalue weighted by Crippen LogP contribution is 2.14. The Kier molecular flexibility index (Phi) is 6.37. The van der Waals surface area contributed by atoms with Crippen LogP contribution >= 0.6 is 0 Å². The van der Waals surface area contributed by atoms with Gasteiger partial charge in [0.15, 0.2) is 0 Å². The van der Waals surface area contributed by atoms with Crippen molar-refractivity contribution in [1.82, 2.24) is 5.43 Å². The highest BCUT2D eigenvalue weighted by atomic mass is 16.5. The van der Waals surface area contributed by atoms with E-state index in [0.29, 0.717) is 22.6 Å². The molecule has 0 atom stereocenters. The molecule has 0 radical (unpaired) electrons. The van der Waals surface area contributed by atoms with Crippen LogP contribution in [0, 0.1) is 6.92 Å². The number of methoxy groups -OCH3 is 1. The van der Waals surface area contributed by atoms with Gasteiger partial charge in [0.25, 0.3) is 5.91 Å². The van der Waals surface area contributed by atoms with Crippen LogP contribution < -0.4 is 14.9 Å². The molecule has 3 aromatic rings. The van der Waals surface area contributed by atoms with Crippen LogP contribution in [-0.4, -0.2) is 25.2 Å². The van der Waals surface area contributed by atoms with Crippen molar-refractivity contribution in [3.8, 4) is 11.5 Å². The van der Waals surface area contributed by atoms with Crippen molar-refractivity contribution < 1.29 is 19.1 Å². The lowest BCUT2D eigenvalue weighted by Crippen LogP contribution is -2.17. The van der Waals surface area contributed by atoms with E-state index in [9.17, 15) is 9.59 Å². The third-order valence-electron chi connectivity index (χ3n) is 4.11. The molecule has 1 N–H and O–H groups in total. The third kappa shape index (κ3) is 5.52. The zero-order valence-corrected chi connectivity index (χ0v) is 16.1. The minimum atomic E-state index is -0.418. The maximum Gasteiger partial charge on any atom is 0.343 e. The molecule has 0 aliphatic heterocycles. The fourth-order valence-electron chi connectivity index (χ4n) is 2.45. The van der Waals surface area contributed by atoms with Gasteiger partial charge < -0.3 is 9.47 Å². The number of carbonyl (C=O) groups is 2. The molecule has 0 fully saturated rings. The molecule has 146 valence electrons. The summed E-state index contributed by atoms with van der Waals surface area (Å²) in [4.78, 5) is 24.2. The van der Waals surface area contributed by atoms with Crippen molar-refractivity contribution in [3.63, 3.8) is 0 Å². The second kappa shape index (κ2) is 9.32. The second-order valence-corrected chi connectivity index (χ2v) is 6.25. The fourth-order valence-corrected chi connectivity index (χ4v) is 2.45. The first-order valence-corrected chi connectivity index (χ1v) is 8.91. The summed E-state index contributed by atoms with van der Waals surface area (Å²) < 4.78 is 10.4. The highest BCUT2D eigenvalue weighted by Gasteiger charge is 2.08. The molecule has 0 aliphatic rings. The minimum Gasteiger partial charge on any atom is -0.497 e. The van der Waals surface area contributed by atoms with Crippen LogP contribution in [-0.2, 0) is 0 Å². The van der Waals surface area contributed by atoms with Crippen molar-refractivity contribution in [2.75, 3.05) is 7.11 Å². The number of aryl methyl sites for hydroxylation is 1. The zero-order chi connectivity index (χ0) is 20.6. The molecule has 0 aliphatic carbocycles. The van der Waals surface area contributed by atoms with Crippen LogP contribution in [0.25, 0.3) is 0 Å².